The van der Waals surface area contributed by atoms with Gasteiger partial charge < -0.3 is 47.8 Å². The maximum absolute atomic E-state index is 11.3. The average molecular weight is 704 g/mol. The molecule has 0 bridgehead atoms. The number of anilines is 1. The summed E-state index contributed by atoms with van der Waals surface area (Å²) in [6.07, 6.45) is 5.29. The van der Waals surface area contributed by atoms with Crippen molar-refractivity contribution in [2.75, 3.05) is 38.0 Å². The Morgan fingerprint density at radius 1 is 0.844 bits per heavy atom. The smallest absolute Gasteiger partial charge is 0.307 e. The number of hydrogen-bond donors (Lipinski definition) is 9. The number of nitrogens with two attached hydrogens (primary N) is 2. The van der Waals surface area contributed by atoms with Gasteiger partial charge in [-0.2, -0.15) is 10.2 Å². The zero-order chi connectivity index (χ0) is 34.2. The number of carbonyl (C=O) groups is 3. The van der Waals surface area contributed by atoms with Crippen molar-refractivity contribution < 1.29 is 58.3 Å². The largest absolute Gasteiger partial charge is 0.396 e. The number of nitrogens with one attached hydrogen (secondary N) is 3. The van der Waals surface area contributed by atoms with E-state index in [1.165, 1.54) is 17.1 Å². The number of hydrogen-bond acceptors (Lipinski definition) is 13. The van der Waals surface area contributed by atoms with Crippen LogP contribution >= 0.6 is 11.6 Å². The normalized spacial score (nSPS) is 12.4. The summed E-state index contributed by atoms with van der Waals surface area (Å²) >= 11 is 5.16. The number of aromatic nitrogens is 4. The third kappa shape index (κ3) is 25.7. The predicted molar refractivity (Wildman–Crippen MR) is 161 cm³/mol. The average Bonchev–Trinajstić information content (AvgIpc) is 3.61. The molecule has 0 unspecified atom stereocenters. The van der Waals surface area contributed by atoms with Crippen LogP contribution in [-0.2, 0) is 46.0 Å². The van der Waals surface area contributed by atoms with Crippen molar-refractivity contribution in [3.8, 4) is 0 Å². The summed E-state index contributed by atoms with van der Waals surface area (Å²) in [6, 6.07) is -0.847. The molecule has 19 nitrogen and oxygen atoms in total. The van der Waals surface area contributed by atoms with Crippen LogP contribution in [-0.4, -0.2) is 119 Å². The molecule has 0 saturated heterocycles. The fraction of sp³-hybridized carbons (Fsp3) is 0.625. The Morgan fingerprint density at radius 2 is 1.22 bits per heavy atom. The monoisotopic (exact) mass is 703 g/mol. The van der Waals surface area contributed by atoms with Crippen molar-refractivity contribution in [1.29, 1.82) is 0 Å². The summed E-state index contributed by atoms with van der Waals surface area (Å²) in [6.45, 7) is 6.60. The van der Waals surface area contributed by atoms with Gasteiger partial charge in [-0.1, -0.05) is 0 Å². The maximum atomic E-state index is 11.3. The molecule has 0 aromatic carbocycles. The SMILES string of the molecule is C[C@@H](CO)NC(=O)CCl.C[C@@H](CO)NC(=O)Cn1cc(N)cn1.C[C@@H](CO)NC(=O)Cn1cc([N+](=O)[O-])cn1.C[C@H](N)CO.[V]. The molecule has 0 aliphatic rings. The third-order valence-corrected chi connectivity index (χ3v) is 4.79. The molecule has 0 saturated carbocycles. The number of carbonyl (C=O) groups excluding carboxylic acids is 3. The molecule has 4 atom stereocenters. The van der Waals surface area contributed by atoms with Gasteiger partial charge in [-0.05, 0) is 27.7 Å². The number of amides is 3. The zero-order valence-corrected chi connectivity index (χ0v) is 27.8. The summed E-state index contributed by atoms with van der Waals surface area (Å²) in [4.78, 5) is 42.8. The Hall–Kier alpha value is -3.30. The molecule has 11 N–H and O–H groups in total. The quantitative estimate of drug-likeness (QED) is 0.0583. The number of nitrogen functional groups attached to an aromatic ring is 1. The van der Waals surface area contributed by atoms with E-state index in [9.17, 15) is 24.5 Å². The standard InChI is InChI=1S/C8H12N4O4.C8H14N4O2.C5H10ClNO2.C3H9NO.V/c1-6(5-13)10-8(14)4-11-3-7(2-9-11)12(15)16;1-6(5-13)11-8(14)4-12-3-7(9)2-10-12;1-4(3-8)7-5(9)2-6;1-3(4)2-5;/h2-3,6,13H,4-5H2,1H3,(H,10,14);2-3,6,13H,4-5,9H2,1H3,(H,11,14);4,8H,2-3H2,1H3,(H,7,9);3,5H,2,4H2,1H3;/t2*6-;4-;3-;/m0000./s1. The van der Waals surface area contributed by atoms with Crippen LogP contribution in [0.1, 0.15) is 27.7 Å². The van der Waals surface area contributed by atoms with Gasteiger partial charge in [0.15, 0.2) is 0 Å². The number of aliphatic hydroxyl groups is 4. The van der Waals surface area contributed by atoms with Gasteiger partial charge in [0.05, 0.1) is 43.2 Å². The molecule has 1 radical (unpaired) electrons. The number of alkyl halides is 1. The van der Waals surface area contributed by atoms with E-state index in [-0.39, 0.29) is 112 Å². The van der Waals surface area contributed by atoms with Crippen molar-refractivity contribution in [3.05, 3.63) is 34.9 Å². The van der Waals surface area contributed by atoms with Crippen molar-refractivity contribution >= 4 is 40.7 Å². The summed E-state index contributed by atoms with van der Waals surface area (Å²) in [5, 5.41) is 59.3. The minimum absolute atomic E-state index is 0. The second-order valence-corrected chi connectivity index (χ2v) is 9.64. The summed E-state index contributed by atoms with van der Waals surface area (Å²) < 4.78 is 2.60. The number of nitrogens with zero attached hydrogens (tertiary/aromatic N) is 5. The third-order valence-electron chi connectivity index (χ3n) is 4.55. The second kappa shape index (κ2) is 27.1. The van der Waals surface area contributed by atoms with E-state index in [1.54, 1.807) is 33.9 Å². The van der Waals surface area contributed by atoms with Crippen LogP contribution in [0.3, 0.4) is 0 Å². The Labute approximate surface area is 277 Å². The fourth-order valence-corrected chi connectivity index (χ4v) is 2.46. The van der Waals surface area contributed by atoms with Gasteiger partial charge in [-0.25, -0.2) is 0 Å². The number of rotatable bonds is 13. The second-order valence-electron chi connectivity index (χ2n) is 9.37. The topological polar surface area (TPSA) is 299 Å². The van der Waals surface area contributed by atoms with Crippen LogP contribution in [0, 0.1) is 10.1 Å². The van der Waals surface area contributed by atoms with Gasteiger partial charge in [-0.3, -0.25) is 33.9 Å². The van der Waals surface area contributed by atoms with Crippen LogP contribution in [0.5, 0.6) is 0 Å². The van der Waals surface area contributed by atoms with Crippen LogP contribution in [0.2, 0.25) is 0 Å². The first-order valence-electron chi connectivity index (χ1n) is 13.2. The Morgan fingerprint density at radius 3 is 1.51 bits per heavy atom. The first kappa shape index (κ1) is 46.1. The van der Waals surface area contributed by atoms with E-state index in [1.807, 2.05) is 0 Å². The van der Waals surface area contributed by atoms with Crippen LogP contribution in [0.25, 0.3) is 0 Å². The van der Waals surface area contributed by atoms with Gasteiger partial charge in [0.25, 0.3) is 0 Å². The molecule has 45 heavy (non-hydrogen) atoms. The van der Waals surface area contributed by atoms with E-state index < -0.39 is 4.92 Å². The van der Waals surface area contributed by atoms with E-state index in [0.717, 1.165) is 10.9 Å². The zero-order valence-electron chi connectivity index (χ0n) is 25.6. The number of halogens is 1. The summed E-state index contributed by atoms with van der Waals surface area (Å²) in [7, 11) is 0. The molecule has 0 aliphatic carbocycles. The molecule has 21 heteroatoms. The van der Waals surface area contributed by atoms with Crippen molar-refractivity contribution in [2.24, 2.45) is 5.73 Å². The number of nitro groups is 1. The van der Waals surface area contributed by atoms with E-state index in [0.29, 0.717) is 5.69 Å². The van der Waals surface area contributed by atoms with Gasteiger partial charge in [0.2, 0.25) is 17.7 Å². The minimum Gasteiger partial charge on any atom is -0.396 e. The molecule has 2 heterocycles. The molecule has 2 aromatic rings. The van der Waals surface area contributed by atoms with Gasteiger partial charge in [0, 0.05) is 48.9 Å². The summed E-state index contributed by atoms with van der Waals surface area (Å²) in [5.74, 6) is -0.864. The number of aliphatic hydroxyl groups excluding tert-OH is 4. The molecular weight excluding hydrogens is 659 g/mol. The van der Waals surface area contributed by atoms with Crippen molar-refractivity contribution in [1.82, 2.24) is 35.5 Å². The van der Waals surface area contributed by atoms with E-state index in [4.69, 9.17) is 43.5 Å². The van der Waals surface area contributed by atoms with Crippen LogP contribution in [0.15, 0.2) is 24.8 Å². The van der Waals surface area contributed by atoms with Gasteiger partial charge in [-0.15, -0.1) is 11.6 Å². The van der Waals surface area contributed by atoms with E-state index >= 15 is 0 Å². The first-order valence-corrected chi connectivity index (χ1v) is 13.7. The molecular formula is C24H45ClN10O9V. The fourth-order valence-electron chi connectivity index (χ4n) is 2.38. The van der Waals surface area contributed by atoms with Crippen molar-refractivity contribution in [3.63, 3.8) is 0 Å². The molecule has 257 valence electrons. The predicted octanol–water partition coefficient (Wildman–Crippen LogP) is -2.70. The Bertz CT molecular complexity index is 1110. The van der Waals surface area contributed by atoms with Crippen LogP contribution < -0.4 is 27.4 Å². The Kier molecular flexibility index (Phi) is 27.7. The molecule has 3 amide bonds. The van der Waals surface area contributed by atoms with Crippen molar-refractivity contribution in [2.45, 2.75) is 65.0 Å². The summed E-state index contributed by atoms with van der Waals surface area (Å²) in [5.41, 5.74) is 10.8. The van der Waals surface area contributed by atoms with Gasteiger partial charge in [0.1, 0.15) is 31.4 Å². The van der Waals surface area contributed by atoms with E-state index in [2.05, 4.69) is 26.1 Å². The molecule has 0 fully saturated rings. The first-order chi connectivity index (χ1) is 20.6. The van der Waals surface area contributed by atoms with Gasteiger partial charge >= 0.3 is 5.69 Å². The Balaban J connectivity index is -0.000000557. The molecule has 2 aromatic heterocycles. The minimum atomic E-state index is -0.586. The molecule has 2 rings (SSSR count). The molecule has 0 aliphatic heterocycles. The maximum Gasteiger partial charge on any atom is 0.307 e. The molecule has 0 spiro atoms. The van der Waals surface area contributed by atoms with Crippen LogP contribution in [0.4, 0.5) is 11.4 Å².